The Bertz CT molecular complexity index is 377. The van der Waals surface area contributed by atoms with E-state index in [0.717, 1.165) is 30.9 Å². The van der Waals surface area contributed by atoms with Gasteiger partial charge in [-0.1, -0.05) is 0 Å². The molecule has 0 bridgehead atoms. The molecule has 0 saturated heterocycles. The minimum absolute atomic E-state index is 0.386. The summed E-state index contributed by atoms with van der Waals surface area (Å²) in [5, 5.41) is 13.8. The van der Waals surface area contributed by atoms with E-state index < -0.39 is 5.97 Å². The molecule has 4 nitrogen and oxygen atoms in total. The smallest absolute Gasteiger partial charge is 0.336 e. The van der Waals surface area contributed by atoms with Gasteiger partial charge in [-0.25, -0.2) is 4.79 Å². The molecule has 1 aromatic heterocycles. The molecule has 0 saturated carbocycles. The summed E-state index contributed by atoms with van der Waals surface area (Å²) in [7, 11) is 2.13. The van der Waals surface area contributed by atoms with Crippen molar-refractivity contribution < 1.29 is 9.90 Å². The monoisotopic (exact) mass is 270 g/mol. The fourth-order valence-corrected chi connectivity index (χ4v) is 2.34. The van der Waals surface area contributed by atoms with Crippen LogP contribution in [0.5, 0.6) is 0 Å². The zero-order valence-electron chi connectivity index (χ0n) is 11.3. The summed E-state index contributed by atoms with van der Waals surface area (Å²) < 4.78 is 0. The first kappa shape index (κ1) is 15.1. The van der Waals surface area contributed by atoms with E-state index in [1.165, 1.54) is 11.3 Å². The van der Waals surface area contributed by atoms with Gasteiger partial charge in [-0.3, -0.25) is 0 Å². The van der Waals surface area contributed by atoms with Crippen LogP contribution in [-0.2, 0) is 6.54 Å². The van der Waals surface area contributed by atoms with Gasteiger partial charge in [0.15, 0.2) is 0 Å². The second-order valence-corrected chi connectivity index (χ2v) is 5.71. The van der Waals surface area contributed by atoms with Crippen molar-refractivity contribution in [3.05, 3.63) is 21.9 Å². The standard InChI is InChI=1S/C13H22N2O2S/c1-10(2)15(3)6-4-5-14-8-12-7-11(9-18-12)13(16)17/h7,9-10,14H,4-6,8H2,1-3H3,(H,16,17). The molecule has 0 fully saturated rings. The normalized spacial score (nSPS) is 11.4. The number of thiophene rings is 1. The third kappa shape index (κ3) is 5.16. The molecule has 0 unspecified atom stereocenters. The van der Waals surface area contributed by atoms with Gasteiger partial charge in [0.2, 0.25) is 0 Å². The average molecular weight is 270 g/mol. The molecule has 1 heterocycles. The van der Waals surface area contributed by atoms with E-state index in [1.54, 1.807) is 11.4 Å². The molecule has 1 rings (SSSR count). The van der Waals surface area contributed by atoms with Gasteiger partial charge >= 0.3 is 5.97 Å². The molecule has 102 valence electrons. The Morgan fingerprint density at radius 2 is 2.28 bits per heavy atom. The zero-order valence-corrected chi connectivity index (χ0v) is 12.1. The van der Waals surface area contributed by atoms with Gasteiger partial charge in [-0.15, -0.1) is 11.3 Å². The molecule has 18 heavy (non-hydrogen) atoms. The Kier molecular flexibility index (Phi) is 6.32. The Hall–Kier alpha value is -0.910. The Morgan fingerprint density at radius 1 is 1.56 bits per heavy atom. The first-order valence-electron chi connectivity index (χ1n) is 6.22. The number of carbonyl (C=O) groups is 1. The lowest BCUT2D eigenvalue weighted by molar-refractivity contribution is 0.0697. The molecule has 0 aliphatic heterocycles. The van der Waals surface area contributed by atoms with Gasteiger partial charge in [-0.2, -0.15) is 0 Å². The zero-order chi connectivity index (χ0) is 13.5. The minimum atomic E-state index is -0.851. The highest BCUT2D eigenvalue weighted by Gasteiger charge is 2.06. The molecule has 5 heteroatoms. The molecule has 0 radical (unpaired) electrons. The minimum Gasteiger partial charge on any atom is -0.478 e. The van der Waals surface area contributed by atoms with Crippen molar-refractivity contribution in [3.63, 3.8) is 0 Å². The van der Waals surface area contributed by atoms with Crippen molar-refractivity contribution in [2.45, 2.75) is 32.9 Å². The van der Waals surface area contributed by atoms with Crippen molar-refractivity contribution in [1.82, 2.24) is 10.2 Å². The first-order chi connectivity index (χ1) is 8.50. The van der Waals surface area contributed by atoms with Gasteiger partial charge in [0.1, 0.15) is 0 Å². The maximum absolute atomic E-state index is 10.7. The Balaban J connectivity index is 2.16. The molecule has 0 amide bonds. The number of nitrogens with zero attached hydrogens (tertiary/aromatic N) is 1. The van der Waals surface area contributed by atoms with Crippen molar-refractivity contribution in [1.29, 1.82) is 0 Å². The summed E-state index contributed by atoms with van der Waals surface area (Å²) >= 11 is 1.49. The van der Waals surface area contributed by atoms with Crippen LogP contribution in [0.1, 0.15) is 35.5 Å². The summed E-state index contributed by atoms with van der Waals surface area (Å²) in [6.07, 6.45) is 1.10. The van der Waals surface area contributed by atoms with Crippen molar-refractivity contribution in [3.8, 4) is 0 Å². The molecule has 0 atom stereocenters. The van der Waals surface area contributed by atoms with E-state index in [-0.39, 0.29) is 0 Å². The lowest BCUT2D eigenvalue weighted by atomic mass is 10.3. The van der Waals surface area contributed by atoms with E-state index in [9.17, 15) is 4.79 Å². The summed E-state index contributed by atoms with van der Waals surface area (Å²) in [5.41, 5.74) is 0.386. The Morgan fingerprint density at radius 3 is 2.83 bits per heavy atom. The van der Waals surface area contributed by atoms with Crippen LogP contribution in [0.25, 0.3) is 0 Å². The Labute approximate surface area is 113 Å². The number of hydrogen-bond acceptors (Lipinski definition) is 4. The largest absolute Gasteiger partial charge is 0.478 e. The molecule has 0 aromatic carbocycles. The van der Waals surface area contributed by atoms with Crippen molar-refractivity contribution in [2.75, 3.05) is 20.1 Å². The van der Waals surface area contributed by atoms with Crippen molar-refractivity contribution in [2.24, 2.45) is 0 Å². The number of carboxylic acids is 1. The third-order valence-corrected chi connectivity index (χ3v) is 3.88. The second kappa shape index (κ2) is 7.51. The molecule has 0 aliphatic carbocycles. The summed E-state index contributed by atoms with van der Waals surface area (Å²) in [4.78, 5) is 14.1. The topological polar surface area (TPSA) is 52.6 Å². The maximum Gasteiger partial charge on any atom is 0.336 e. The van der Waals surface area contributed by atoms with Gasteiger partial charge in [-0.05, 0) is 46.5 Å². The molecule has 2 N–H and O–H groups in total. The lowest BCUT2D eigenvalue weighted by Crippen LogP contribution is -2.29. The fourth-order valence-electron chi connectivity index (χ4n) is 1.51. The highest BCUT2D eigenvalue weighted by molar-refractivity contribution is 7.10. The summed E-state index contributed by atoms with van der Waals surface area (Å²) in [6, 6.07) is 2.32. The number of hydrogen-bond donors (Lipinski definition) is 2. The number of carboxylic acid groups (broad SMARTS) is 1. The first-order valence-corrected chi connectivity index (χ1v) is 7.10. The summed E-state index contributed by atoms with van der Waals surface area (Å²) in [6.45, 7) is 7.16. The average Bonchev–Trinajstić information content (AvgIpc) is 2.77. The molecular weight excluding hydrogens is 248 g/mol. The number of rotatable bonds is 8. The van der Waals surface area contributed by atoms with E-state index in [0.29, 0.717) is 11.6 Å². The summed E-state index contributed by atoms with van der Waals surface area (Å²) in [5.74, 6) is -0.851. The van der Waals surface area contributed by atoms with E-state index in [4.69, 9.17) is 5.11 Å². The van der Waals surface area contributed by atoms with Crippen LogP contribution >= 0.6 is 11.3 Å². The SMILES string of the molecule is CC(C)N(C)CCCNCc1cc(C(=O)O)cs1. The van der Waals surface area contributed by atoms with Crippen LogP contribution in [0, 0.1) is 0 Å². The van der Waals surface area contributed by atoms with E-state index >= 15 is 0 Å². The highest BCUT2D eigenvalue weighted by atomic mass is 32.1. The fraction of sp³-hybridized carbons (Fsp3) is 0.615. The van der Waals surface area contributed by atoms with E-state index in [2.05, 4.69) is 31.1 Å². The number of aromatic carboxylic acids is 1. The second-order valence-electron chi connectivity index (χ2n) is 4.71. The van der Waals surface area contributed by atoms with Crippen LogP contribution < -0.4 is 5.32 Å². The van der Waals surface area contributed by atoms with Crippen LogP contribution in [0.3, 0.4) is 0 Å². The molecule has 0 aliphatic rings. The highest BCUT2D eigenvalue weighted by Crippen LogP contribution is 2.14. The number of nitrogens with one attached hydrogen (secondary N) is 1. The molecule has 0 spiro atoms. The van der Waals surface area contributed by atoms with Crippen LogP contribution in [0.4, 0.5) is 0 Å². The van der Waals surface area contributed by atoms with Crippen LogP contribution in [0.2, 0.25) is 0 Å². The molecule has 1 aromatic rings. The van der Waals surface area contributed by atoms with Crippen LogP contribution in [0.15, 0.2) is 11.4 Å². The third-order valence-electron chi connectivity index (χ3n) is 2.95. The van der Waals surface area contributed by atoms with E-state index in [1.807, 2.05) is 0 Å². The van der Waals surface area contributed by atoms with Crippen LogP contribution in [-0.4, -0.2) is 42.2 Å². The van der Waals surface area contributed by atoms with Gasteiger partial charge < -0.3 is 15.3 Å². The predicted molar refractivity (Wildman–Crippen MR) is 75.4 cm³/mol. The quantitative estimate of drug-likeness (QED) is 0.712. The predicted octanol–water partition coefficient (Wildman–Crippen LogP) is 2.27. The molecular formula is C13H22N2O2S. The van der Waals surface area contributed by atoms with Gasteiger partial charge in [0.05, 0.1) is 5.56 Å². The van der Waals surface area contributed by atoms with Gasteiger partial charge in [0.25, 0.3) is 0 Å². The lowest BCUT2D eigenvalue weighted by Gasteiger charge is -2.20. The van der Waals surface area contributed by atoms with Gasteiger partial charge in [0, 0.05) is 22.8 Å². The maximum atomic E-state index is 10.7. The van der Waals surface area contributed by atoms with Crippen molar-refractivity contribution >= 4 is 17.3 Å².